The lowest BCUT2D eigenvalue weighted by Crippen LogP contribution is -2.47. The van der Waals surface area contributed by atoms with E-state index in [1.807, 2.05) is 13.0 Å². The molecule has 2 aromatic carbocycles. The maximum Gasteiger partial charge on any atom is 0.261 e. The van der Waals surface area contributed by atoms with Crippen molar-refractivity contribution in [2.24, 2.45) is 0 Å². The first kappa shape index (κ1) is 23.5. The van der Waals surface area contributed by atoms with Gasteiger partial charge in [-0.1, -0.05) is 35.9 Å². The van der Waals surface area contributed by atoms with Gasteiger partial charge in [0.2, 0.25) is 11.8 Å². The van der Waals surface area contributed by atoms with Crippen LogP contribution in [0.4, 0.5) is 0 Å². The Bertz CT molecular complexity index is 1000. The highest BCUT2D eigenvalue weighted by molar-refractivity contribution is 6.30. The van der Waals surface area contributed by atoms with Crippen molar-refractivity contribution < 1.29 is 19.2 Å². The number of carbonyl (C=O) groups is 4. The lowest BCUT2D eigenvalue weighted by atomic mass is 10.1. The highest BCUT2D eigenvalue weighted by atomic mass is 35.5. The van der Waals surface area contributed by atoms with Crippen LogP contribution in [-0.4, -0.2) is 52.6 Å². The fraction of sp³-hybridized carbons (Fsp3) is 0.333. The number of rotatable bonds is 9. The molecular weight excluding hydrogens is 430 g/mol. The molecule has 0 saturated carbocycles. The van der Waals surface area contributed by atoms with Crippen LogP contribution in [0, 0.1) is 0 Å². The van der Waals surface area contributed by atoms with E-state index < -0.39 is 6.04 Å². The van der Waals surface area contributed by atoms with E-state index in [1.54, 1.807) is 49.4 Å². The molecule has 1 N–H and O–H groups in total. The Morgan fingerprint density at radius 1 is 1.06 bits per heavy atom. The van der Waals surface area contributed by atoms with E-state index in [-0.39, 0.29) is 43.1 Å². The molecule has 0 fully saturated rings. The van der Waals surface area contributed by atoms with Crippen molar-refractivity contribution in [2.75, 3.05) is 13.1 Å². The van der Waals surface area contributed by atoms with Gasteiger partial charge in [-0.3, -0.25) is 24.1 Å². The minimum absolute atomic E-state index is 0.0950. The highest BCUT2D eigenvalue weighted by Gasteiger charge is 2.35. The number of hydrogen-bond acceptors (Lipinski definition) is 4. The van der Waals surface area contributed by atoms with Gasteiger partial charge in [0.25, 0.3) is 11.8 Å². The second kappa shape index (κ2) is 10.4. The van der Waals surface area contributed by atoms with Crippen LogP contribution < -0.4 is 5.32 Å². The number of nitrogens with one attached hydrogen (secondary N) is 1. The third-order valence-corrected chi connectivity index (χ3v) is 5.65. The zero-order valence-corrected chi connectivity index (χ0v) is 18.9. The Labute approximate surface area is 192 Å². The summed E-state index contributed by atoms with van der Waals surface area (Å²) in [6.45, 7) is 4.32. The van der Waals surface area contributed by atoms with E-state index in [4.69, 9.17) is 11.6 Å². The van der Waals surface area contributed by atoms with Crippen LogP contribution in [0.1, 0.15) is 53.0 Å². The van der Waals surface area contributed by atoms with Gasteiger partial charge >= 0.3 is 0 Å². The van der Waals surface area contributed by atoms with Gasteiger partial charge in [0, 0.05) is 31.1 Å². The molecule has 1 aliphatic rings. The van der Waals surface area contributed by atoms with Crippen molar-refractivity contribution in [2.45, 2.75) is 39.3 Å². The molecule has 32 heavy (non-hydrogen) atoms. The minimum atomic E-state index is -0.680. The van der Waals surface area contributed by atoms with Gasteiger partial charge in [0.05, 0.1) is 11.1 Å². The summed E-state index contributed by atoms with van der Waals surface area (Å²) >= 11 is 6.07. The molecule has 3 rings (SSSR count). The maximum absolute atomic E-state index is 13.1. The van der Waals surface area contributed by atoms with Crippen molar-refractivity contribution >= 4 is 35.2 Å². The third kappa shape index (κ3) is 5.16. The number of amides is 4. The lowest BCUT2D eigenvalue weighted by molar-refractivity contribution is -0.140. The predicted octanol–water partition coefficient (Wildman–Crippen LogP) is 3.27. The number of hydrogen-bond donors (Lipinski definition) is 1. The number of benzene rings is 2. The molecule has 2 aromatic rings. The number of halogens is 1. The first-order chi connectivity index (χ1) is 15.3. The van der Waals surface area contributed by atoms with E-state index in [2.05, 4.69) is 5.32 Å². The number of fused-ring (bicyclic) bond motifs is 1. The Kier molecular flexibility index (Phi) is 7.64. The normalized spacial score (nSPS) is 13.7. The Balaban J connectivity index is 1.66. The summed E-state index contributed by atoms with van der Waals surface area (Å²) in [7, 11) is 0. The van der Waals surface area contributed by atoms with Crippen molar-refractivity contribution in [3.8, 4) is 0 Å². The Hall–Kier alpha value is -3.19. The zero-order chi connectivity index (χ0) is 23.3. The molecule has 0 spiro atoms. The van der Waals surface area contributed by atoms with Gasteiger partial charge in [0.15, 0.2) is 0 Å². The van der Waals surface area contributed by atoms with Crippen LogP contribution in [0.5, 0.6) is 0 Å². The number of imide groups is 1. The van der Waals surface area contributed by atoms with Crippen molar-refractivity contribution in [3.05, 3.63) is 70.2 Å². The van der Waals surface area contributed by atoms with Crippen LogP contribution in [0.2, 0.25) is 5.02 Å². The molecule has 7 nitrogen and oxygen atoms in total. The molecule has 1 atom stereocenters. The Morgan fingerprint density at radius 3 is 2.31 bits per heavy atom. The van der Waals surface area contributed by atoms with Crippen LogP contribution in [0.3, 0.4) is 0 Å². The lowest BCUT2D eigenvalue weighted by Gasteiger charge is -2.29. The summed E-state index contributed by atoms with van der Waals surface area (Å²) in [5.74, 6) is -1.17. The van der Waals surface area contributed by atoms with Crippen molar-refractivity contribution in [1.82, 2.24) is 15.1 Å². The van der Waals surface area contributed by atoms with E-state index in [1.165, 1.54) is 9.80 Å². The summed E-state index contributed by atoms with van der Waals surface area (Å²) in [6, 6.07) is 13.1. The average Bonchev–Trinajstić information content (AvgIpc) is 3.02. The molecule has 1 aliphatic heterocycles. The quantitative estimate of drug-likeness (QED) is 0.588. The fourth-order valence-electron chi connectivity index (χ4n) is 3.71. The van der Waals surface area contributed by atoms with Crippen LogP contribution >= 0.6 is 11.6 Å². The maximum atomic E-state index is 13.1. The van der Waals surface area contributed by atoms with Crippen molar-refractivity contribution in [1.29, 1.82) is 0 Å². The second-order valence-electron chi connectivity index (χ2n) is 7.63. The summed E-state index contributed by atoms with van der Waals surface area (Å²) in [5.41, 5.74) is 1.58. The first-order valence-electron chi connectivity index (χ1n) is 10.6. The molecule has 0 aliphatic carbocycles. The van der Waals surface area contributed by atoms with Crippen molar-refractivity contribution in [3.63, 3.8) is 0 Å². The minimum Gasteiger partial charge on any atom is -0.355 e. The van der Waals surface area contributed by atoms with Gasteiger partial charge in [-0.2, -0.15) is 0 Å². The monoisotopic (exact) mass is 455 g/mol. The second-order valence-corrected chi connectivity index (χ2v) is 8.07. The summed E-state index contributed by atoms with van der Waals surface area (Å²) in [6.07, 6.45) is 0.399. The SMILES string of the molecule is CCNC(=O)[C@H](C)N(Cc1cccc(Cl)c1)C(=O)CCCN1C(=O)c2ccccc2C1=O. The molecule has 168 valence electrons. The van der Waals surface area contributed by atoms with E-state index >= 15 is 0 Å². The van der Waals surface area contributed by atoms with Crippen LogP contribution in [0.15, 0.2) is 48.5 Å². The van der Waals surface area contributed by atoms with Gasteiger partial charge in [-0.25, -0.2) is 0 Å². The summed E-state index contributed by atoms with van der Waals surface area (Å²) in [4.78, 5) is 53.2. The molecule has 0 radical (unpaired) electrons. The first-order valence-corrected chi connectivity index (χ1v) is 11.0. The molecule has 0 unspecified atom stereocenters. The van der Waals surface area contributed by atoms with E-state index in [9.17, 15) is 19.2 Å². The average molecular weight is 456 g/mol. The molecule has 1 heterocycles. The predicted molar refractivity (Wildman–Crippen MR) is 121 cm³/mol. The Morgan fingerprint density at radius 2 is 1.72 bits per heavy atom. The molecule has 0 bridgehead atoms. The number of likely N-dealkylation sites (N-methyl/N-ethyl adjacent to an activating group) is 1. The van der Waals surface area contributed by atoms with Gasteiger partial charge < -0.3 is 10.2 Å². The highest BCUT2D eigenvalue weighted by Crippen LogP contribution is 2.23. The standard InChI is InChI=1S/C24H26ClN3O4/c1-3-26-22(30)16(2)28(15-17-8-6-9-18(25)14-17)21(29)12-7-13-27-23(31)19-10-4-5-11-20(19)24(27)32/h4-6,8-11,14,16H,3,7,12-13,15H2,1-2H3,(H,26,30)/t16-/m0/s1. The van der Waals surface area contributed by atoms with Crippen LogP contribution in [0.25, 0.3) is 0 Å². The summed E-state index contributed by atoms with van der Waals surface area (Å²) < 4.78 is 0. The van der Waals surface area contributed by atoms with Gasteiger partial charge in [-0.05, 0) is 50.1 Å². The molecule has 0 saturated heterocycles. The largest absolute Gasteiger partial charge is 0.355 e. The van der Waals surface area contributed by atoms with E-state index in [0.29, 0.717) is 29.1 Å². The zero-order valence-electron chi connectivity index (χ0n) is 18.1. The molecule has 4 amide bonds. The number of carbonyl (C=O) groups excluding carboxylic acids is 4. The molecular formula is C24H26ClN3O4. The summed E-state index contributed by atoms with van der Waals surface area (Å²) in [5, 5.41) is 3.29. The fourth-order valence-corrected chi connectivity index (χ4v) is 3.92. The van der Waals surface area contributed by atoms with Gasteiger partial charge in [-0.15, -0.1) is 0 Å². The van der Waals surface area contributed by atoms with Gasteiger partial charge in [0.1, 0.15) is 6.04 Å². The third-order valence-electron chi connectivity index (χ3n) is 5.41. The molecule has 0 aromatic heterocycles. The number of nitrogens with zero attached hydrogens (tertiary/aromatic N) is 2. The van der Waals surface area contributed by atoms with Crippen LogP contribution in [-0.2, 0) is 16.1 Å². The topological polar surface area (TPSA) is 86.8 Å². The smallest absolute Gasteiger partial charge is 0.261 e. The van der Waals surface area contributed by atoms with E-state index in [0.717, 1.165) is 5.56 Å². The molecule has 8 heteroatoms.